The third kappa shape index (κ3) is 1.06. The lowest BCUT2D eigenvalue weighted by atomic mass is 10.4. The molecule has 1 aliphatic heterocycles. The molecule has 0 aliphatic carbocycles. The maximum Gasteiger partial charge on any atom is 0.175 e. The molecule has 0 saturated carbocycles. The summed E-state index contributed by atoms with van der Waals surface area (Å²) >= 11 is 0. The molecule has 0 fully saturated rings. The lowest BCUT2D eigenvalue weighted by Crippen LogP contribution is -2.14. The van der Waals surface area contributed by atoms with Crippen LogP contribution in [0.25, 0.3) is 0 Å². The SMILES string of the molecule is OC[C@@H]1C=C[C@H](O)O1. The zero-order valence-electron chi connectivity index (χ0n) is 4.32. The first-order valence-corrected chi connectivity index (χ1v) is 2.45. The third-order valence-corrected chi connectivity index (χ3v) is 0.985. The van der Waals surface area contributed by atoms with E-state index in [-0.39, 0.29) is 12.7 Å². The van der Waals surface area contributed by atoms with Gasteiger partial charge in [0.2, 0.25) is 0 Å². The number of rotatable bonds is 1. The van der Waals surface area contributed by atoms with Crippen molar-refractivity contribution in [2.75, 3.05) is 6.61 Å². The number of ether oxygens (including phenoxy) is 1. The Hall–Kier alpha value is -0.380. The minimum atomic E-state index is -0.813. The molecular formula is C5H8O3. The van der Waals surface area contributed by atoms with E-state index in [0.717, 1.165) is 0 Å². The Labute approximate surface area is 47.2 Å². The molecule has 0 spiro atoms. The number of hydrogen-bond acceptors (Lipinski definition) is 3. The predicted octanol–water partition coefficient (Wildman–Crippen LogP) is -0.748. The van der Waals surface area contributed by atoms with Gasteiger partial charge in [-0.25, -0.2) is 0 Å². The van der Waals surface area contributed by atoms with Crippen molar-refractivity contribution in [3.63, 3.8) is 0 Å². The first-order valence-electron chi connectivity index (χ1n) is 2.45. The molecule has 2 N–H and O–H groups in total. The van der Waals surface area contributed by atoms with Gasteiger partial charge in [-0.15, -0.1) is 0 Å². The molecule has 8 heavy (non-hydrogen) atoms. The molecule has 0 unspecified atom stereocenters. The van der Waals surface area contributed by atoms with Gasteiger partial charge in [-0.05, 0) is 6.08 Å². The molecule has 0 saturated heterocycles. The quantitative estimate of drug-likeness (QED) is 0.443. The molecule has 2 atom stereocenters. The maximum atomic E-state index is 8.61. The maximum absolute atomic E-state index is 8.61. The summed E-state index contributed by atoms with van der Waals surface area (Å²) in [6.07, 6.45) is 2.02. The molecule has 0 aromatic heterocycles. The lowest BCUT2D eigenvalue weighted by molar-refractivity contribution is -0.0857. The summed E-state index contributed by atoms with van der Waals surface area (Å²) in [7, 11) is 0. The molecule has 0 aromatic rings. The van der Waals surface area contributed by atoms with Gasteiger partial charge in [0, 0.05) is 0 Å². The number of hydrogen-bond donors (Lipinski definition) is 2. The zero-order valence-corrected chi connectivity index (χ0v) is 4.32. The molecule has 3 heteroatoms. The van der Waals surface area contributed by atoms with Crippen molar-refractivity contribution >= 4 is 0 Å². The Bertz CT molecular complexity index is 99.8. The predicted molar refractivity (Wildman–Crippen MR) is 27.1 cm³/mol. The monoisotopic (exact) mass is 116 g/mol. The summed E-state index contributed by atoms with van der Waals surface area (Å²) < 4.78 is 4.70. The molecule has 1 heterocycles. The Balaban J connectivity index is 2.34. The van der Waals surface area contributed by atoms with E-state index in [2.05, 4.69) is 0 Å². The van der Waals surface area contributed by atoms with Crippen molar-refractivity contribution in [3.8, 4) is 0 Å². The molecule has 0 bridgehead atoms. The van der Waals surface area contributed by atoms with Gasteiger partial charge < -0.3 is 14.9 Å². The average Bonchev–Trinajstić information content (AvgIpc) is 2.14. The van der Waals surface area contributed by atoms with Crippen molar-refractivity contribution in [2.45, 2.75) is 12.4 Å². The van der Waals surface area contributed by atoms with Crippen molar-refractivity contribution in [3.05, 3.63) is 12.2 Å². The van der Waals surface area contributed by atoms with Gasteiger partial charge in [0.1, 0.15) is 6.10 Å². The van der Waals surface area contributed by atoms with Crippen LogP contribution in [0.4, 0.5) is 0 Å². The van der Waals surface area contributed by atoms with Crippen LogP contribution in [0.1, 0.15) is 0 Å². The fourth-order valence-electron chi connectivity index (χ4n) is 0.593. The smallest absolute Gasteiger partial charge is 0.175 e. The Morgan fingerprint density at radius 3 is 2.50 bits per heavy atom. The highest BCUT2D eigenvalue weighted by Gasteiger charge is 2.14. The van der Waals surface area contributed by atoms with E-state index in [4.69, 9.17) is 14.9 Å². The fourth-order valence-corrected chi connectivity index (χ4v) is 0.593. The number of aliphatic hydroxyl groups is 2. The van der Waals surface area contributed by atoms with Gasteiger partial charge in [0.25, 0.3) is 0 Å². The number of aliphatic hydroxyl groups excluding tert-OH is 2. The molecule has 0 amide bonds. The Morgan fingerprint density at radius 2 is 2.25 bits per heavy atom. The molecule has 1 rings (SSSR count). The first kappa shape index (κ1) is 5.75. The van der Waals surface area contributed by atoms with Gasteiger partial charge in [0.15, 0.2) is 6.29 Å². The van der Waals surface area contributed by atoms with Crippen LogP contribution in [-0.4, -0.2) is 29.2 Å². The van der Waals surface area contributed by atoms with Crippen LogP contribution in [0.2, 0.25) is 0 Å². The summed E-state index contributed by atoms with van der Waals surface area (Å²) in [5.74, 6) is 0. The van der Waals surface area contributed by atoms with Crippen LogP contribution >= 0.6 is 0 Å². The van der Waals surface area contributed by atoms with E-state index in [9.17, 15) is 0 Å². The highest BCUT2D eigenvalue weighted by atomic mass is 16.6. The average molecular weight is 116 g/mol. The van der Waals surface area contributed by atoms with Gasteiger partial charge >= 0.3 is 0 Å². The fraction of sp³-hybridized carbons (Fsp3) is 0.600. The van der Waals surface area contributed by atoms with Crippen molar-refractivity contribution in [1.29, 1.82) is 0 Å². The van der Waals surface area contributed by atoms with Gasteiger partial charge in [-0.3, -0.25) is 0 Å². The van der Waals surface area contributed by atoms with Crippen molar-refractivity contribution in [2.24, 2.45) is 0 Å². The van der Waals surface area contributed by atoms with Crippen molar-refractivity contribution in [1.82, 2.24) is 0 Å². The van der Waals surface area contributed by atoms with E-state index in [1.807, 2.05) is 0 Å². The Morgan fingerprint density at radius 1 is 1.50 bits per heavy atom. The molecule has 1 aliphatic rings. The van der Waals surface area contributed by atoms with Gasteiger partial charge in [0.05, 0.1) is 6.61 Å². The van der Waals surface area contributed by atoms with Gasteiger partial charge in [-0.2, -0.15) is 0 Å². The van der Waals surface area contributed by atoms with Crippen LogP contribution in [0.3, 0.4) is 0 Å². The second kappa shape index (κ2) is 2.26. The van der Waals surface area contributed by atoms with E-state index in [1.165, 1.54) is 6.08 Å². The van der Waals surface area contributed by atoms with Gasteiger partial charge in [-0.1, -0.05) is 6.08 Å². The minimum absolute atomic E-state index is 0.0619. The van der Waals surface area contributed by atoms with E-state index >= 15 is 0 Å². The highest BCUT2D eigenvalue weighted by Crippen LogP contribution is 2.06. The second-order valence-electron chi connectivity index (χ2n) is 1.63. The van der Waals surface area contributed by atoms with Crippen LogP contribution in [0.5, 0.6) is 0 Å². The summed E-state index contributed by atoms with van der Waals surface area (Å²) in [5, 5.41) is 17.0. The summed E-state index contributed by atoms with van der Waals surface area (Å²) in [4.78, 5) is 0. The normalized spacial score (nSPS) is 36.2. The molecule has 0 aromatic carbocycles. The van der Waals surface area contributed by atoms with Crippen LogP contribution < -0.4 is 0 Å². The molecule has 3 nitrogen and oxygen atoms in total. The summed E-state index contributed by atoms with van der Waals surface area (Å²) in [5.41, 5.74) is 0. The first-order chi connectivity index (χ1) is 3.83. The van der Waals surface area contributed by atoms with E-state index in [1.54, 1.807) is 6.08 Å². The largest absolute Gasteiger partial charge is 0.393 e. The third-order valence-electron chi connectivity index (χ3n) is 0.985. The molecular weight excluding hydrogens is 108 g/mol. The molecule has 46 valence electrons. The summed E-state index contributed by atoms with van der Waals surface area (Å²) in [6, 6.07) is 0. The summed E-state index contributed by atoms with van der Waals surface area (Å²) in [6.45, 7) is -0.0619. The van der Waals surface area contributed by atoms with Crippen molar-refractivity contribution < 1.29 is 14.9 Å². The highest BCUT2D eigenvalue weighted by molar-refractivity contribution is 4.97. The lowest BCUT2D eigenvalue weighted by Gasteiger charge is -2.04. The minimum Gasteiger partial charge on any atom is -0.393 e. The molecule has 0 radical (unpaired) electrons. The van der Waals surface area contributed by atoms with E-state index < -0.39 is 6.29 Å². The topological polar surface area (TPSA) is 49.7 Å². The van der Waals surface area contributed by atoms with Crippen LogP contribution in [0, 0.1) is 0 Å². The van der Waals surface area contributed by atoms with Crippen LogP contribution in [-0.2, 0) is 4.74 Å². The standard InChI is InChI=1S/C5H8O3/c6-3-4-1-2-5(7)8-4/h1-2,4-7H,3H2/t4-,5+/m0/s1. The zero-order chi connectivity index (χ0) is 5.98. The van der Waals surface area contributed by atoms with Crippen LogP contribution in [0.15, 0.2) is 12.2 Å². The Kier molecular flexibility index (Phi) is 1.62. The van der Waals surface area contributed by atoms with E-state index in [0.29, 0.717) is 0 Å². The second-order valence-corrected chi connectivity index (χ2v) is 1.63.